The molecule has 17 heavy (non-hydrogen) atoms. The zero-order valence-corrected chi connectivity index (χ0v) is 10.9. The van der Waals surface area contributed by atoms with Gasteiger partial charge in [-0.05, 0) is 40.9 Å². The molecule has 1 fully saturated rings. The molecule has 0 saturated carbocycles. The van der Waals surface area contributed by atoms with Gasteiger partial charge in [0.15, 0.2) is 0 Å². The van der Waals surface area contributed by atoms with Gasteiger partial charge >= 0.3 is 0 Å². The number of hydrogen-bond acceptors (Lipinski definition) is 2. The van der Waals surface area contributed by atoms with Crippen molar-refractivity contribution in [1.82, 2.24) is 4.90 Å². The molecular formula is C12H14BrFN2O. The Labute approximate surface area is 108 Å². The van der Waals surface area contributed by atoms with Gasteiger partial charge in [-0.15, -0.1) is 0 Å². The summed E-state index contributed by atoms with van der Waals surface area (Å²) in [5.41, 5.74) is 5.92. The SMILES string of the molecule is NC1CCCN(C(=O)c2c(F)cccc2Br)C1. The molecule has 1 aromatic carbocycles. The maximum absolute atomic E-state index is 13.6. The summed E-state index contributed by atoms with van der Waals surface area (Å²) in [5.74, 6) is -0.784. The van der Waals surface area contributed by atoms with Crippen LogP contribution in [-0.4, -0.2) is 29.9 Å². The Morgan fingerprint density at radius 1 is 1.53 bits per heavy atom. The molecule has 0 radical (unpaired) electrons. The first-order chi connectivity index (χ1) is 8.09. The molecule has 1 unspecified atom stereocenters. The predicted molar refractivity (Wildman–Crippen MR) is 67.2 cm³/mol. The average molecular weight is 301 g/mol. The number of carbonyl (C=O) groups is 1. The minimum Gasteiger partial charge on any atom is -0.337 e. The number of hydrogen-bond donors (Lipinski definition) is 1. The van der Waals surface area contributed by atoms with Crippen molar-refractivity contribution in [2.45, 2.75) is 18.9 Å². The van der Waals surface area contributed by atoms with E-state index in [-0.39, 0.29) is 17.5 Å². The number of piperidine rings is 1. The number of carbonyl (C=O) groups excluding carboxylic acids is 1. The molecule has 1 aliphatic heterocycles. The molecule has 1 amide bonds. The van der Waals surface area contributed by atoms with E-state index in [1.165, 1.54) is 6.07 Å². The molecule has 2 N–H and O–H groups in total. The van der Waals surface area contributed by atoms with Crippen LogP contribution in [0.3, 0.4) is 0 Å². The summed E-state index contributed by atoms with van der Waals surface area (Å²) in [6, 6.07) is 4.53. The van der Waals surface area contributed by atoms with Crippen LogP contribution in [0.2, 0.25) is 0 Å². The summed E-state index contributed by atoms with van der Waals surface area (Å²) in [6.07, 6.45) is 1.79. The first-order valence-corrected chi connectivity index (χ1v) is 6.37. The van der Waals surface area contributed by atoms with Crippen LogP contribution in [0.1, 0.15) is 23.2 Å². The van der Waals surface area contributed by atoms with E-state index in [4.69, 9.17) is 5.73 Å². The van der Waals surface area contributed by atoms with Crippen molar-refractivity contribution < 1.29 is 9.18 Å². The Hall–Kier alpha value is -0.940. The molecule has 3 nitrogen and oxygen atoms in total. The summed E-state index contributed by atoms with van der Waals surface area (Å²) in [4.78, 5) is 13.8. The summed E-state index contributed by atoms with van der Waals surface area (Å²) in [7, 11) is 0. The number of nitrogens with two attached hydrogens (primary N) is 1. The van der Waals surface area contributed by atoms with Gasteiger partial charge in [0, 0.05) is 23.6 Å². The van der Waals surface area contributed by atoms with Crippen molar-refractivity contribution in [3.63, 3.8) is 0 Å². The van der Waals surface area contributed by atoms with Gasteiger partial charge in [0.2, 0.25) is 0 Å². The van der Waals surface area contributed by atoms with Gasteiger partial charge in [-0.2, -0.15) is 0 Å². The summed E-state index contributed by atoms with van der Waals surface area (Å²) in [6.45, 7) is 1.15. The molecule has 1 saturated heterocycles. The fourth-order valence-corrected chi connectivity index (χ4v) is 2.57. The minimum absolute atomic E-state index is 0.00162. The van der Waals surface area contributed by atoms with E-state index in [2.05, 4.69) is 15.9 Å². The van der Waals surface area contributed by atoms with Crippen LogP contribution in [0, 0.1) is 5.82 Å². The van der Waals surface area contributed by atoms with Gasteiger partial charge in [-0.3, -0.25) is 4.79 Å². The van der Waals surface area contributed by atoms with Crippen LogP contribution in [0.4, 0.5) is 4.39 Å². The van der Waals surface area contributed by atoms with Crippen LogP contribution in [0.25, 0.3) is 0 Å². The molecule has 1 atom stereocenters. The lowest BCUT2D eigenvalue weighted by Crippen LogP contribution is -2.46. The number of benzene rings is 1. The maximum atomic E-state index is 13.6. The van der Waals surface area contributed by atoms with Gasteiger partial charge < -0.3 is 10.6 Å². The zero-order valence-electron chi connectivity index (χ0n) is 9.33. The van der Waals surface area contributed by atoms with Crippen LogP contribution in [0.15, 0.2) is 22.7 Å². The lowest BCUT2D eigenvalue weighted by atomic mass is 10.1. The molecule has 0 bridgehead atoms. The quantitative estimate of drug-likeness (QED) is 0.864. The highest BCUT2D eigenvalue weighted by Gasteiger charge is 2.25. The third-order valence-electron chi connectivity index (χ3n) is 2.92. The smallest absolute Gasteiger partial charge is 0.258 e. The van der Waals surface area contributed by atoms with Crippen molar-refractivity contribution in [2.24, 2.45) is 5.73 Å². The Kier molecular flexibility index (Phi) is 3.79. The summed E-state index contributed by atoms with van der Waals surface area (Å²) in [5, 5.41) is 0. The van der Waals surface area contributed by atoms with E-state index in [9.17, 15) is 9.18 Å². The molecule has 1 aliphatic rings. The molecule has 0 aromatic heterocycles. The van der Waals surface area contributed by atoms with E-state index in [1.807, 2.05) is 0 Å². The Morgan fingerprint density at radius 3 is 2.94 bits per heavy atom. The molecule has 2 rings (SSSR count). The summed E-state index contributed by atoms with van der Waals surface area (Å²) >= 11 is 3.21. The number of amides is 1. The van der Waals surface area contributed by atoms with E-state index in [0.29, 0.717) is 17.6 Å². The van der Waals surface area contributed by atoms with Crippen LogP contribution >= 0.6 is 15.9 Å². The maximum Gasteiger partial charge on any atom is 0.258 e. The monoisotopic (exact) mass is 300 g/mol. The van der Waals surface area contributed by atoms with E-state index < -0.39 is 5.82 Å². The Morgan fingerprint density at radius 2 is 2.29 bits per heavy atom. The highest BCUT2D eigenvalue weighted by Crippen LogP contribution is 2.22. The molecule has 92 valence electrons. The van der Waals surface area contributed by atoms with Crippen molar-refractivity contribution >= 4 is 21.8 Å². The topological polar surface area (TPSA) is 46.3 Å². The van der Waals surface area contributed by atoms with Crippen LogP contribution < -0.4 is 5.73 Å². The summed E-state index contributed by atoms with van der Waals surface area (Å²) < 4.78 is 14.1. The molecule has 5 heteroatoms. The molecule has 0 spiro atoms. The number of rotatable bonds is 1. The lowest BCUT2D eigenvalue weighted by molar-refractivity contribution is 0.0703. The number of likely N-dealkylation sites (tertiary alicyclic amines) is 1. The van der Waals surface area contributed by atoms with Crippen molar-refractivity contribution in [2.75, 3.05) is 13.1 Å². The molecule has 1 aromatic rings. The largest absolute Gasteiger partial charge is 0.337 e. The van der Waals surface area contributed by atoms with Gasteiger partial charge in [0.25, 0.3) is 5.91 Å². The first-order valence-electron chi connectivity index (χ1n) is 5.58. The van der Waals surface area contributed by atoms with Gasteiger partial charge in [0.1, 0.15) is 5.82 Å². The van der Waals surface area contributed by atoms with E-state index >= 15 is 0 Å². The fraction of sp³-hybridized carbons (Fsp3) is 0.417. The van der Waals surface area contributed by atoms with Crippen molar-refractivity contribution in [3.05, 3.63) is 34.1 Å². The van der Waals surface area contributed by atoms with Crippen molar-refractivity contribution in [1.29, 1.82) is 0 Å². The lowest BCUT2D eigenvalue weighted by Gasteiger charge is -2.31. The van der Waals surface area contributed by atoms with Crippen molar-refractivity contribution in [3.8, 4) is 0 Å². The minimum atomic E-state index is -0.497. The highest BCUT2D eigenvalue weighted by molar-refractivity contribution is 9.10. The second-order valence-electron chi connectivity index (χ2n) is 4.25. The molecule has 0 aliphatic carbocycles. The van der Waals surface area contributed by atoms with E-state index in [1.54, 1.807) is 17.0 Å². The second-order valence-corrected chi connectivity index (χ2v) is 5.10. The normalized spacial score (nSPS) is 20.4. The van der Waals surface area contributed by atoms with Crippen LogP contribution in [-0.2, 0) is 0 Å². The van der Waals surface area contributed by atoms with E-state index in [0.717, 1.165) is 12.8 Å². The standard InChI is InChI=1S/C12H14BrFN2O/c13-9-4-1-5-10(14)11(9)12(17)16-6-2-3-8(15)7-16/h1,4-5,8H,2-3,6-7,15H2. The van der Waals surface area contributed by atoms with Gasteiger partial charge in [-0.25, -0.2) is 4.39 Å². The van der Waals surface area contributed by atoms with Gasteiger partial charge in [-0.1, -0.05) is 6.07 Å². The molecular weight excluding hydrogens is 287 g/mol. The number of halogens is 2. The third kappa shape index (κ3) is 2.66. The average Bonchev–Trinajstić information content (AvgIpc) is 2.28. The highest BCUT2D eigenvalue weighted by atomic mass is 79.9. The van der Waals surface area contributed by atoms with Crippen LogP contribution in [0.5, 0.6) is 0 Å². The Balaban J connectivity index is 2.24. The van der Waals surface area contributed by atoms with Gasteiger partial charge in [0.05, 0.1) is 5.56 Å². The first kappa shape index (κ1) is 12.5. The fourth-order valence-electron chi connectivity index (χ4n) is 2.05. The predicted octanol–water partition coefficient (Wildman–Crippen LogP) is 2.15. The number of nitrogens with zero attached hydrogens (tertiary/aromatic N) is 1. The molecule has 1 heterocycles. The second kappa shape index (κ2) is 5.14. The Bertz CT molecular complexity index is 418. The zero-order chi connectivity index (χ0) is 12.4. The third-order valence-corrected chi connectivity index (χ3v) is 3.58.